The number of nitrogens with one attached hydrogen (secondary N) is 2. The molecule has 0 fully saturated rings. The van der Waals surface area contributed by atoms with Crippen LogP contribution in [0.4, 0.5) is 5.69 Å². The molecule has 1 unspecified atom stereocenters. The van der Waals surface area contributed by atoms with Crippen LogP contribution in [-0.2, 0) is 9.53 Å². The van der Waals surface area contributed by atoms with E-state index >= 15 is 0 Å². The molecule has 10 heteroatoms. The Morgan fingerprint density at radius 1 is 1.13 bits per heavy atom. The van der Waals surface area contributed by atoms with E-state index in [0.717, 1.165) is 5.39 Å². The van der Waals surface area contributed by atoms with E-state index in [0.29, 0.717) is 50.8 Å². The zero-order chi connectivity index (χ0) is 27.4. The lowest BCUT2D eigenvalue weighted by Crippen LogP contribution is -2.32. The highest BCUT2D eigenvalue weighted by Crippen LogP contribution is 2.33. The van der Waals surface area contributed by atoms with Gasteiger partial charge in [-0.1, -0.05) is 24.6 Å². The summed E-state index contributed by atoms with van der Waals surface area (Å²) in [5, 5.41) is 13.6. The van der Waals surface area contributed by atoms with Crippen molar-refractivity contribution in [2.75, 3.05) is 19.0 Å². The lowest BCUT2D eigenvalue weighted by atomic mass is 10.00. The number of carbonyl (C=O) groups is 2. The number of rotatable bonds is 8. The number of pyridine rings is 1. The molecule has 0 aliphatic rings. The summed E-state index contributed by atoms with van der Waals surface area (Å²) in [6.07, 6.45) is 1.79. The molecule has 1 atom stereocenters. The number of halogens is 1. The number of hydrogen-bond acceptors (Lipinski definition) is 6. The normalized spacial score (nSPS) is 11.6. The second-order valence-corrected chi connectivity index (χ2v) is 8.86. The molecule has 2 N–H and O–H groups in total. The van der Waals surface area contributed by atoms with Crippen LogP contribution >= 0.6 is 11.6 Å². The summed E-state index contributed by atoms with van der Waals surface area (Å²) >= 11 is 6.14. The third-order valence-corrected chi connectivity index (χ3v) is 6.30. The average molecular weight is 533 g/mol. The summed E-state index contributed by atoms with van der Waals surface area (Å²) in [5.74, 6) is -0.549. The van der Waals surface area contributed by atoms with Crippen LogP contribution < -0.4 is 15.6 Å². The van der Waals surface area contributed by atoms with Gasteiger partial charge in [-0.05, 0) is 49.7 Å². The number of carbonyl (C=O) groups excluding carboxylic acids is 2. The fourth-order valence-corrected chi connectivity index (χ4v) is 4.41. The van der Waals surface area contributed by atoms with E-state index in [-0.39, 0.29) is 6.61 Å². The molecule has 2 aromatic carbocycles. The summed E-state index contributed by atoms with van der Waals surface area (Å²) in [5.41, 5.74) is 2.21. The Morgan fingerprint density at radius 2 is 1.92 bits per heavy atom. The van der Waals surface area contributed by atoms with Crippen LogP contribution in [0.2, 0.25) is 5.02 Å². The van der Waals surface area contributed by atoms with Crippen LogP contribution in [0, 0.1) is 11.3 Å². The zero-order valence-electron chi connectivity index (χ0n) is 21.0. The Morgan fingerprint density at radius 3 is 2.61 bits per heavy atom. The highest BCUT2D eigenvalue weighted by Gasteiger charge is 2.23. The van der Waals surface area contributed by atoms with Crippen molar-refractivity contribution in [1.82, 2.24) is 9.55 Å². The Balaban J connectivity index is 1.65. The molecular formula is C28H25ClN4O5. The van der Waals surface area contributed by atoms with Crippen molar-refractivity contribution < 1.29 is 19.1 Å². The van der Waals surface area contributed by atoms with Crippen molar-refractivity contribution in [3.05, 3.63) is 81.4 Å². The van der Waals surface area contributed by atoms with Gasteiger partial charge in [0, 0.05) is 38.8 Å². The van der Waals surface area contributed by atoms with Gasteiger partial charge < -0.3 is 19.8 Å². The number of aromatic nitrogens is 2. The minimum atomic E-state index is -0.838. The van der Waals surface area contributed by atoms with Gasteiger partial charge in [-0.2, -0.15) is 5.26 Å². The number of methoxy groups -OCH3 is 1. The molecule has 38 heavy (non-hydrogen) atoms. The molecule has 2 aromatic heterocycles. The number of hydrogen-bond donors (Lipinski definition) is 2. The van der Waals surface area contributed by atoms with Gasteiger partial charge >= 0.3 is 5.97 Å². The number of H-pyrrole nitrogens is 1. The fraction of sp³-hybridized carbons (Fsp3) is 0.214. The number of aromatic amines is 1. The Labute approximate surface area is 223 Å². The van der Waals surface area contributed by atoms with Gasteiger partial charge in [0.05, 0.1) is 31.5 Å². The van der Waals surface area contributed by atoms with Crippen LogP contribution in [-0.4, -0.2) is 35.1 Å². The van der Waals surface area contributed by atoms with E-state index in [1.165, 1.54) is 23.9 Å². The molecule has 0 saturated carbocycles. The van der Waals surface area contributed by atoms with Gasteiger partial charge in [-0.3, -0.25) is 14.2 Å². The minimum absolute atomic E-state index is 0.262. The van der Waals surface area contributed by atoms with Gasteiger partial charge in [-0.15, -0.1) is 0 Å². The number of nitrogens with zero attached hydrogens (tertiary/aromatic N) is 2. The second-order valence-electron chi connectivity index (χ2n) is 8.42. The maximum Gasteiger partial charge on any atom is 0.354 e. The number of fused-ring (bicyclic) bond motifs is 1. The van der Waals surface area contributed by atoms with Crippen LogP contribution in [0.25, 0.3) is 22.0 Å². The quantitative estimate of drug-likeness (QED) is 0.297. The van der Waals surface area contributed by atoms with Gasteiger partial charge in [0.15, 0.2) is 0 Å². The van der Waals surface area contributed by atoms with E-state index in [1.807, 2.05) is 0 Å². The smallest absolute Gasteiger partial charge is 0.354 e. The minimum Gasteiger partial charge on any atom is -0.495 e. The predicted octanol–water partition coefficient (Wildman–Crippen LogP) is 5.30. The molecule has 4 rings (SSSR count). The van der Waals surface area contributed by atoms with Crippen molar-refractivity contribution in [3.8, 4) is 22.9 Å². The first kappa shape index (κ1) is 26.5. The van der Waals surface area contributed by atoms with E-state index in [4.69, 9.17) is 21.1 Å². The molecule has 0 saturated heterocycles. The van der Waals surface area contributed by atoms with E-state index in [9.17, 15) is 19.6 Å². The summed E-state index contributed by atoms with van der Waals surface area (Å²) in [4.78, 5) is 41.5. The monoisotopic (exact) mass is 532 g/mol. The van der Waals surface area contributed by atoms with Crippen LogP contribution in [0.5, 0.6) is 5.75 Å². The molecule has 9 nitrogen and oxygen atoms in total. The standard InChI is InChI=1S/C28H25ClN4O5/c1-4-24(27(35)31-19-9-7-16-10-23(28(36)38-5-2)32-22(16)12-19)33-15-25(37-3)21(13-26(33)34)20-11-18(29)8-6-17(20)14-30/h6-13,15,24,32H,4-5H2,1-3H3,(H,31,35). The number of benzene rings is 2. The average Bonchev–Trinajstić information content (AvgIpc) is 3.33. The second kappa shape index (κ2) is 11.2. The van der Waals surface area contributed by atoms with E-state index in [2.05, 4.69) is 16.4 Å². The summed E-state index contributed by atoms with van der Waals surface area (Å²) < 4.78 is 11.9. The van der Waals surface area contributed by atoms with Crippen molar-refractivity contribution >= 4 is 40.1 Å². The number of ether oxygens (including phenoxy) is 2. The summed E-state index contributed by atoms with van der Waals surface area (Å²) in [6, 6.07) is 14.2. The molecule has 0 radical (unpaired) electrons. The van der Waals surface area contributed by atoms with Crippen LogP contribution in [0.15, 0.2) is 59.5 Å². The largest absolute Gasteiger partial charge is 0.495 e. The molecular weight excluding hydrogens is 508 g/mol. The third-order valence-electron chi connectivity index (χ3n) is 6.07. The maximum absolute atomic E-state index is 13.3. The van der Waals surface area contributed by atoms with Gasteiger partial charge in [0.1, 0.15) is 17.5 Å². The van der Waals surface area contributed by atoms with Gasteiger partial charge in [0.25, 0.3) is 5.56 Å². The van der Waals surface area contributed by atoms with E-state index in [1.54, 1.807) is 56.3 Å². The molecule has 4 aromatic rings. The predicted molar refractivity (Wildman–Crippen MR) is 145 cm³/mol. The first-order valence-electron chi connectivity index (χ1n) is 11.9. The topological polar surface area (TPSA) is 126 Å². The van der Waals surface area contributed by atoms with E-state index < -0.39 is 23.5 Å². The molecule has 194 valence electrons. The molecule has 0 aliphatic heterocycles. The Bertz CT molecular complexity index is 1630. The molecule has 0 bridgehead atoms. The first-order valence-corrected chi connectivity index (χ1v) is 12.3. The highest BCUT2D eigenvalue weighted by molar-refractivity contribution is 6.31. The molecule has 2 heterocycles. The third kappa shape index (κ3) is 5.26. The number of anilines is 1. The van der Waals surface area contributed by atoms with Crippen LogP contribution in [0.1, 0.15) is 42.4 Å². The van der Waals surface area contributed by atoms with Crippen molar-refractivity contribution in [2.45, 2.75) is 26.3 Å². The first-order chi connectivity index (χ1) is 18.3. The lowest BCUT2D eigenvalue weighted by molar-refractivity contribution is -0.119. The zero-order valence-corrected chi connectivity index (χ0v) is 21.8. The Kier molecular flexibility index (Phi) is 7.84. The number of amides is 1. The van der Waals surface area contributed by atoms with Gasteiger partial charge in [0.2, 0.25) is 5.91 Å². The van der Waals surface area contributed by atoms with Crippen molar-refractivity contribution in [2.24, 2.45) is 0 Å². The van der Waals surface area contributed by atoms with Crippen molar-refractivity contribution in [1.29, 1.82) is 5.26 Å². The Hall–Kier alpha value is -4.55. The number of nitriles is 1. The summed E-state index contributed by atoms with van der Waals surface area (Å²) in [7, 11) is 1.45. The molecule has 1 amide bonds. The fourth-order valence-electron chi connectivity index (χ4n) is 4.24. The highest BCUT2D eigenvalue weighted by atomic mass is 35.5. The van der Waals surface area contributed by atoms with Gasteiger partial charge in [-0.25, -0.2) is 4.79 Å². The molecule has 0 aliphatic carbocycles. The van der Waals surface area contributed by atoms with Crippen LogP contribution in [0.3, 0.4) is 0 Å². The SMILES string of the molecule is CCOC(=O)c1cc2ccc(NC(=O)C(CC)n3cc(OC)c(-c4cc(Cl)ccc4C#N)cc3=O)cc2[nH]1. The number of esters is 1. The summed E-state index contributed by atoms with van der Waals surface area (Å²) in [6.45, 7) is 3.78. The maximum atomic E-state index is 13.3. The lowest BCUT2D eigenvalue weighted by Gasteiger charge is -2.20. The molecule has 0 spiro atoms. The van der Waals surface area contributed by atoms with Crippen molar-refractivity contribution in [3.63, 3.8) is 0 Å².